The summed E-state index contributed by atoms with van der Waals surface area (Å²) in [4.78, 5) is 12.5. The standard InChI is InChI=1S/C20H25N3O3/c1-4-7-12-18-21-22-19(26-18)17-13-14-10-8-9-11-16(14)23(17)15(5-2)20(24)25-6-3/h8-11,13,15H,4-7,12H2,1-3H3. The van der Waals surface area contributed by atoms with Crippen LogP contribution in [0, 0.1) is 0 Å². The molecule has 3 aromatic rings. The third-order valence-corrected chi connectivity index (χ3v) is 4.44. The molecule has 0 fully saturated rings. The Morgan fingerprint density at radius 2 is 2.04 bits per heavy atom. The van der Waals surface area contributed by atoms with Crippen LogP contribution in [0.3, 0.4) is 0 Å². The molecule has 0 aliphatic rings. The second kappa shape index (κ2) is 8.17. The molecule has 1 unspecified atom stereocenters. The van der Waals surface area contributed by atoms with Crippen molar-refractivity contribution >= 4 is 16.9 Å². The van der Waals surface area contributed by atoms with Gasteiger partial charge in [-0.05, 0) is 31.9 Å². The molecule has 0 aliphatic heterocycles. The van der Waals surface area contributed by atoms with Crippen molar-refractivity contribution in [2.24, 2.45) is 0 Å². The van der Waals surface area contributed by atoms with Crippen molar-refractivity contribution in [2.45, 2.75) is 52.5 Å². The van der Waals surface area contributed by atoms with Crippen LogP contribution in [0.5, 0.6) is 0 Å². The van der Waals surface area contributed by atoms with Gasteiger partial charge < -0.3 is 13.7 Å². The Bertz CT molecular complexity index is 881. The van der Waals surface area contributed by atoms with Crippen LogP contribution < -0.4 is 0 Å². The van der Waals surface area contributed by atoms with E-state index in [1.807, 2.05) is 48.7 Å². The normalized spacial score (nSPS) is 12.4. The number of para-hydroxylation sites is 1. The van der Waals surface area contributed by atoms with Crippen LogP contribution >= 0.6 is 0 Å². The van der Waals surface area contributed by atoms with Crippen molar-refractivity contribution in [3.05, 3.63) is 36.2 Å². The summed E-state index contributed by atoms with van der Waals surface area (Å²) in [5.41, 5.74) is 1.71. The summed E-state index contributed by atoms with van der Waals surface area (Å²) in [5.74, 6) is 0.821. The van der Waals surface area contributed by atoms with Crippen LogP contribution in [-0.2, 0) is 16.0 Å². The molecule has 0 saturated carbocycles. The highest BCUT2D eigenvalue weighted by atomic mass is 16.5. The number of nitrogens with zero attached hydrogens (tertiary/aromatic N) is 3. The zero-order valence-electron chi connectivity index (χ0n) is 15.6. The third-order valence-electron chi connectivity index (χ3n) is 4.44. The van der Waals surface area contributed by atoms with Crippen molar-refractivity contribution in [2.75, 3.05) is 6.61 Å². The van der Waals surface area contributed by atoms with Crippen LogP contribution in [-0.4, -0.2) is 27.3 Å². The van der Waals surface area contributed by atoms with Crippen LogP contribution in [0.15, 0.2) is 34.7 Å². The molecular weight excluding hydrogens is 330 g/mol. The number of hydrogen-bond donors (Lipinski definition) is 0. The first-order chi connectivity index (χ1) is 12.7. The van der Waals surface area contributed by atoms with Gasteiger partial charge in [-0.15, -0.1) is 10.2 Å². The van der Waals surface area contributed by atoms with Gasteiger partial charge in [0, 0.05) is 17.3 Å². The number of carbonyl (C=O) groups is 1. The SMILES string of the molecule is CCCCc1nnc(-c2cc3ccccc3n2C(CC)C(=O)OCC)o1. The van der Waals surface area contributed by atoms with Crippen molar-refractivity contribution in [3.8, 4) is 11.6 Å². The average molecular weight is 355 g/mol. The molecule has 6 heteroatoms. The van der Waals surface area contributed by atoms with Crippen LogP contribution in [0.25, 0.3) is 22.5 Å². The van der Waals surface area contributed by atoms with E-state index in [0.29, 0.717) is 24.8 Å². The average Bonchev–Trinajstić information content (AvgIpc) is 3.26. The van der Waals surface area contributed by atoms with Crippen molar-refractivity contribution < 1.29 is 13.9 Å². The first-order valence-corrected chi connectivity index (χ1v) is 9.28. The maximum Gasteiger partial charge on any atom is 0.329 e. The Labute approximate surface area is 153 Å². The van der Waals surface area contributed by atoms with Crippen molar-refractivity contribution in [1.29, 1.82) is 0 Å². The van der Waals surface area contributed by atoms with E-state index in [4.69, 9.17) is 9.15 Å². The van der Waals surface area contributed by atoms with Gasteiger partial charge in [0.2, 0.25) is 5.89 Å². The summed E-state index contributed by atoms with van der Waals surface area (Å²) >= 11 is 0. The highest BCUT2D eigenvalue weighted by Gasteiger charge is 2.26. The molecule has 0 spiro atoms. The number of hydrogen-bond acceptors (Lipinski definition) is 5. The van der Waals surface area contributed by atoms with E-state index >= 15 is 0 Å². The van der Waals surface area contributed by atoms with Crippen molar-refractivity contribution in [1.82, 2.24) is 14.8 Å². The first-order valence-electron chi connectivity index (χ1n) is 9.28. The molecule has 0 saturated heterocycles. The minimum absolute atomic E-state index is 0.247. The third kappa shape index (κ3) is 3.49. The molecule has 0 radical (unpaired) electrons. The zero-order valence-corrected chi connectivity index (χ0v) is 15.6. The largest absolute Gasteiger partial charge is 0.464 e. The number of carbonyl (C=O) groups excluding carboxylic acids is 1. The summed E-state index contributed by atoms with van der Waals surface area (Å²) < 4.78 is 13.1. The van der Waals surface area contributed by atoms with Gasteiger partial charge in [0.05, 0.1) is 6.61 Å². The monoisotopic (exact) mass is 355 g/mol. The highest BCUT2D eigenvalue weighted by molar-refractivity contribution is 5.88. The van der Waals surface area contributed by atoms with Crippen LogP contribution in [0.2, 0.25) is 0 Å². The fourth-order valence-corrected chi connectivity index (χ4v) is 3.16. The van der Waals surface area contributed by atoms with Gasteiger partial charge in [-0.1, -0.05) is 38.5 Å². The molecule has 0 N–H and O–H groups in total. The van der Waals surface area contributed by atoms with Gasteiger partial charge in [-0.25, -0.2) is 4.79 Å². The van der Waals surface area contributed by atoms with E-state index in [9.17, 15) is 4.79 Å². The summed E-state index contributed by atoms with van der Waals surface area (Å²) in [6.07, 6.45) is 3.45. The molecule has 26 heavy (non-hydrogen) atoms. The minimum Gasteiger partial charge on any atom is -0.464 e. The molecule has 1 atom stereocenters. The molecule has 0 bridgehead atoms. The number of aryl methyl sites for hydroxylation is 1. The Kier molecular flexibility index (Phi) is 5.71. The Hall–Kier alpha value is -2.63. The number of aromatic nitrogens is 3. The number of esters is 1. The zero-order chi connectivity index (χ0) is 18.5. The van der Waals surface area contributed by atoms with E-state index in [0.717, 1.165) is 35.9 Å². The van der Waals surface area contributed by atoms with E-state index in [1.54, 1.807) is 0 Å². The lowest BCUT2D eigenvalue weighted by atomic mass is 10.2. The van der Waals surface area contributed by atoms with E-state index in [1.165, 1.54) is 0 Å². The quantitative estimate of drug-likeness (QED) is 0.555. The number of benzene rings is 1. The van der Waals surface area contributed by atoms with Gasteiger partial charge >= 0.3 is 5.97 Å². The molecule has 2 heterocycles. The van der Waals surface area contributed by atoms with Crippen LogP contribution in [0.4, 0.5) is 0 Å². The lowest BCUT2D eigenvalue weighted by Crippen LogP contribution is -2.22. The van der Waals surface area contributed by atoms with Crippen molar-refractivity contribution in [3.63, 3.8) is 0 Å². The summed E-state index contributed by atoms with van der Waals surface area (Å²) in [6, 6.07) is 9.50. The Morgan fingerprint density at radius 1 is 1.23 bits per heavy atom. The lowest BCUT2D eigenvalue weighted by Gasteiger charge is -2.18. The number of fused-ring (bicyclic) bond motifs is 1. The predicted octanol–water partition coefficient (Wildman–Crippen LogP) is 4.55. The fourth-order valence-electron chi connectivity index (χ4n) is 3.16. The Balaban J connectivity index is 2.10. The Morgan fingerprint density at radius 3 is 2.77 bits per heavy atom. The molecular formula is C20H25N3O3. The molecule has 6 nitrogen and oxygen atoms in total. The number of rotatable bonds is 8. The number of ether oxygens (including phenoxy) is 1. The van der Waals surface area contributed by atoms with E-state index in [-0.39, 0.29) is 5.97 Å². The first kappa shape index (κ1) is 18.2. The molecule has 3 rings (SSSR count). The van der Waals surface area contributed by atoms with E-state index in [2.05, 4.69) is 17.1 Å². The van der Waals surface area contributed by atoms with Crippen LogP contribution in [0.1, 0.15) is 52.0 Å². The van der Waals surface area contributed by atoms with Gasteiger partial charge in [0.15, 0.2) is 0 Å². The smallest absolute Gasteiger partial charge is 0.329 e. The topological polar surface area (TPSA) is 70.2 Å². The molecule has 0 aliphatic carbocycles. The summed E-state index contributed by atoms with van der Waals surface area (Å²) in [7, 11) is 0. The summed E-state index contributed by atoms with van der Waals surface area (Å²) in [5, 5.41) is 9.42. The predicted molar refractivity (Wildman–Crippen MR) is 99.8 cm³/mol. The molecule has 138 valence electrons. The summed E-state index contributed by atoms with van der Waals surface area (Å²) in [6.45, 7) is 6.27. The van der Waals surface area contributed by atoms with E-state index < -0.39 is 6.04 Å². The minimum atomic E-state index is -0.434. The highest BCUT2D eigenvalue weighted by Crippen LogP contribution is 2.32. The number of unbranched alkanes of at least 4 members (excludes halogenated alkanes) is 1. The maximum absolute atomic E-state index is 12.5. The van der Waals surface area contributed by atoms with Gasteiger partial charge in [-0.3, -0.25) is 0 Å². The molecule has 1 aromatic carbocycles. The second-order valence-corrected chi connectivity index (χ2v) is 6.24. The van der Waals surface area contributed by atoms with Gasteiger partial charge in [-0.2, -0.15) is 0 Å². The van der Waals surface area contributed by atoms with Gasteiger partial charge in [0.1, 0.15) is 11.7 Å². The maximum atomic E-state index is 12.5. The lowest BCUT2D eigenvalue weighted by molar-refractivity contribution is -0.147. The second-order valence-electron chi connectivity index (χ2n) is 6.24. The molecule has 0 amide bonds. The van der Waals surface area contributed by atoms with Gasteiger partial charge in [0.25, 0.3) is 5.89 Å². The fraction of sp³-hybridized carbons (Fsp3) is 0.450. The molecule has 2 aromatic heterocycles.